The van der Waals surface area contributed by atoms with Gasteiger partial charge < -0.3 is 9.47 Å². The normalized spacial score (nSPS) is 11.3. The predicted molar refractivity (Wildman–Crippen MR) is 179 cm³/mol. The fourth-order valence-corrected chi connectivity index (χ4v) is 4.40. The fourth-order valence-electron chi connectivity index (χ4n) is 4.40. The van der Waals surface area contributed by atoms with Gasteiger partial charge in [0.1, 0.15) is 0 Å². The first kappa shape index (κ1) is 33.7. The topological polar surface area (TPSA) is 77.3 Å². The van der Waals surface area contributed by atoms with Crippen LogP contribution in [0.3, 0.4) is 0 Å². The molecule has 0 radical (unpaired) electrons. The molecule has 0 atom stereocenters. The smallest absolute Gasteiger partial charge is 0.344 e. The molecule has 0 N–H and O–H groups in total. The van der Waals surface area contributed by atoms with Gasteiger partial charge in [0.15, 0.2) is 11.8 Å². The van der Waals surface area contributed by atoms with Gasteiger partial charge in [-0.2, -0.15) is 0 Å². The third-order valence-corrected chi connectivity index (χ3v) is 6.64. The molecule has 228 valence electrons. The van der Waals surface area contributed by atoms with E-state index in [4.69, 9.17) is 9.47 Å². The second-order valence-corrected chi connectivity index (χ2v) is 10.2. The van der Waals surface area contributed by atoms with E-state index in [1.807, 2.05) is 109 Å². The Bertz CT molecular complexity index is 1410. The summed E-state index contributed by atoms with van der Waals surface area (Å²) in [5.41, 5.74) is 4.85. The summed E-state index contributed by atoms with van der Waals surface area (Å²) in [4.78, 5) is 33.2. The van der Waals surface area contributed by atoms with E-state index in [0.29, 0.717) is 22.9 Å². The molecule has 6 heteroatoms. The molecule has 0 aliphatic carbocycles. The summed E-state index contributed by atoms with van der Waals surface area (Å²) >= 11 is 0. The molecular formula is C38H42N2O4. The number of unbranched alkanes of at least 4 members (excludes halogenated alkanes) is 2. The quantitative estimate of drug-likeness (QED) is 0.105. The van der Waals surface area contributed by atoms with E-state index in [1.165, 1.54) is 0 Å². The van der Waals surface area contributed by atoms with Crippen molar-refractivity contribution in [3.05, 3.63) is 131 Å². The molecule has 0 bridgehead atoms. The molecule has 0 fully saturated rings. The number of aliphatic imine (C=N–C) groups is 2. The van der Waals surface area contributed by atoms with Crippen molar-refractivity contribution in [3.63, 3.8) is 0 Å². The Balaban J connectivity index is 0.000000240. The summed E-state index contributed by atoms with van der Waals surface area (Å²) < 4.78 is 10.7. The van der Waals surface area contributed by atoms with Crippen molar-refractivity contribution in [1.29, 1.82) is 0 Å². The lowest BCUT2D eigenvalue weighted by Crippen LogP contribution is -2.12. The SMILES string of the molecule is CCCCc1ccccc1C(=O)OC(C)=Nc1ccccc1.CCCCc1ccccc1C(=O)OC(C)=Nc1ccccc1. The molecule has 0 aliphatic rings. The zero-order valence-electron chi connectivity index (χ0n) is 26.2. The van der Waals surface area contributed by atoms with Crippen molar-refractivity contribution in [2.45, 2.75) is 66.2 Å². The zero-order chi connectivity index (χ0) is 31.6. The molecule has 4 rings (SSSR count). The second kappa shape index (κ2) is 18.6. The highest BCUT2D eigenvalue weighted by Crippen LogP contribution is 2.17. The van der Waals surface area contributed by atoms with Crippen LogP contribution in [0.2, 0.25) is 0 Å². The van der Waals surface area contributed by atoms with Gasteiger partial charge in [0.2, 0.25) is 0 Å². The maximum Gasteiger partial charge on any atom is 0.344 e. The highest BCUT2D eigenvalue weighted by Gasteiger charge is 2.14. The third-order valence-electron chi connectivity index (χ3n) is 6.64. The molecule has 0 unspecified atom stereocenters. The van der Waals surface area contributed by atoms with Gasteiger partial charge in [-0.05, 0) is 73.2 Å². The lowest BCUT2D eigenvalue weighted by Gasteiger charge is -2.08. The Morgan fingerprint density at radius 1 is 0.523 bits per heavy atom. The van der Waals surface area contributed by atoms with Crippen LogP contribution >= 0.6 is 0 Å². The Morgan fingerprint density at radius 3 is 1.23 bits per heavy atom. The average Bonchev–Trinajstić information content (AvgIpc) is 3.04. The number of rotatable bonds is 10. The maximum absolute atomic E-state index is 12.3. The van der Waals surface area contributed by atoms with Crippen LogP contribution < -0.4 is 0 Å². The molecular weight excluding hydrogens is 548 g/mol. The molecule has 4 aromatic carbocycles. The fraction of sp³-hybridized carbons (Fsp3) is 0.263. The number of benzene rings is 4. The predicted octanol–water partition coefficient (Wildman–Crippen LogP) is 9.87. The summed E-state index contributed by atoms with van der Waals surface area (Å²) in [6.45, 7) is 7.66. The minimum atomic E-state index is -0.344. The summed E-state index contributed by atoms with van der Waals surface area (Å²) in [6.07, 6.45) is 6.08. The Morgan fingerprint density at radius 2 is 0.864 bits per heavy atom. The number of aryl methyl sites for hydroxylation is 2. The first-order chi connectivity index (χ1) is 21.4. The molecule has 0 heterocycles. The molecule has 0 saturated carbocycles. The van der Waals surface area contributed by atoms with Gasteiger partial charge in [0.25, 0.3) is 0 Å². The van der Waals surface area contributed by atoms with Crippen LogP contribution in [-0.4, -0.2) is 23.7 Å². The highest BCUT2D eigenvalue weighted by molar-refractivity contribution is 6.00. The number of nitrogens with zero attached hydrogens (tertiary/aromatic N) is 2. The van der Waals surface area contributed by atoms with Crippen molar-refractivity contribution >= 4 is 35.1 Å². The summed E-state index contributed by atoms with van der Waals surface area (Å²) in [5.74, 6) is 0.00996. The molecule has 6 nitrogen and oxygen atoms in total. The first-order valence-electron chi connectivity index (χ1n) is 15.2. The van der Waals surface area contributed by atoms with Gasteiger partial charge in [-0.1, -0.05) is 99.5 Å². The molecule has 0 aromatic heterocycles. The summed E-state index contributed by atoms with van der Waals surface area (Å²) in [6, 6.07) is 34.1. The zero-order valence-corrected chi connectivity index (χ0v) is 26.2. The van der Waals surface area contributed by atoms with Crippen LogP contribution in [0.15, 0.2) is 119 Å². The van der Waals surface area contributed by atoms with Gasteiger partial charge in [-0.25, -0.2) is 19.6 Å². The van der Waals surface area contributed by atoms with Crippen molar-refractivity contribution in [2.75, 3.05) is 0 Å². The van der Waals surface area contributed by atoms with Gasteiger partial charge >= 0.3 is 11.9 Å². The number of para-hydroxylation sites is 2. The minimum Gasteiger partial charge on any atom is -0.408 e. The molecule has 0 amide bonds. The average molecular weight is 591 g/mol. The van der Waals surface area contributed by atoms with Crippen LogP contribution in [0.25, 0.3) is 0 Å². The number of esters is 2. The molecule has 4 aromatic rings. The first-order valence-corrected chi connectivity index (χ1v) is 15.2. The van der Waals surface area contributed by atoms with E-state index < -0.39 is 0 Å². The van der Waals surface area contributed by atoms with E-state index in [2.05, 4.69) is 23.8 Å². The Hall–Kier alpha value is -4.84. The minimum absolute atomic E-state index is 0.344. The maximum atomic E-state index is 12.3. The van der Waals surface area contributed by atoms with E-state index in [9.17, 15) is 9.59 Å². The van der Waals surface area contributed by atoms with Gasteiger partial charge in [0, 0.05) is 13.8 Å². The molecule has 0 aliphatic heterocycles. The van der Waals surface area contributed by atoms with Crippen LogP contribution in [0.4, 0.5) is 11.4 Å². The lowest BCUT2D eigenvalue weighted by atomic mass is 10.0. The molecule has 0 spiro atoms. The standard InChI is InChI=1S/2C19H21NO2/c2*1-3-4-10-16-11-8-9-14-18(16)19(21)22-15(2)20-17-12-6-5-7-13-17/h2*5-9,11-14H,3-4,10H2,1-2H3. The number of hydrogen-bond acceptors (Lipinski definition) is 6. The van der Waals surface area contributed by atoms with Crippen molar-refractivity contribution < 1.29 is 19.1 Å². The largest absolute Gasteiger partial charge is 0.408 e. The molecule has 0 saturated heterocycles. The van der Waals surface area contributed by atoms with Crippen LogP contribution in [0.1, 0.15) is 85.2 Å². The van der Waals surface area contributed by atoms with Crippen molar-refractivity contribution in [1.82, 2.24) is 0 Å². The third kappa shape index (κ3) is 11.4. The van der Waals surface area contributed by atoms with Crippen LogP contribution in [0.5, 0.6) is 0 Å². The Kier molecular flexibility index (Phi) is 14.3. The van der Waals surface area contributed by atoms with Gasteiger partial charge in [0.05, 0.1) is 22.5 Å². The monoisotopic (exact) mass is 590 g/mol. The molecule has 44 heavy (non-hydrogen) atoms. The van der Waals surface area contributed by atoms with E-state index in [0.717, 1.165) is 61.0 Å². The number of hydrogen-bond donors (Lipinski definition) is 0. The summed E-state index contributed by atoms with van der Waals surface area (Å²) in [7, 11) is 0. The van der Waals surface area contributed by atoms with E-state index >= 15 is 0 Å². The van der Waals surface area contributed by atoms with E-state index in [1.54, 1.807) is 13.8 Å². The summed E-state index contributed by atoms with van der Waals surface area (Å²) in [5, 5.41) is 0. The van der Waals surface area contributed by atoms with Crippen LogP contribution in [0, 0.1) is 0 Å². The number of carbonyl (C=O) groups excluding carboxylic acids is 2. The van der Waals surface area contributed by atoms with Crippen molar-refractivity contribution in [3.8, 4) is 0 Å². The van der Waals surface area contributed by atoms with Crippen molar-refractivity contribution in [2.24, 2.45) is 9.98 Å². The number of carbonyl (C=O) groups is 2. The lowest BCUT2D eigenvalue weighted by molar-refractivity contribution is 0.0704. The van der Waals surface area contributed by atoms with Gasteiger partial charge in [-0.3, -0.25) is 0 Å². The highest BCUT2D eigenvalue weighted by atomic mass is 16.5. The van der Waals surface area contributed by atoms with Crippen LogP contribution in [-0.2, 0) is 22.3 Å². The number of ether oxygens (including phenoxy) is 2. The Labute approximate surface area is 261 Å². The second-order valence-electron chi connectivity index (χ2n) is 10.2. The van der Waals surface area contributed by atoms with Gasteiger partial charge in [-0.15, -0.1) is 0 Å². The van der Waals surface area contributed by atoms with E-state index in [-0.39, 0.29) is 11.9 Å².